The number of carbonyl (C=O) groups is 1. The van der Waals surface area contributed by atoms with Gasteiger partial charge in [-0.25, -0.2) is 0 Å². The van der Waals surface area contributed by atoms with Gasteiger partial charge >= 0.3 is 0 Å². The normalized spacial score (nSPS) is 19.5. The highest BCUT2D eigenvalue weighted by Gasteiger charge is 2.33. The molecular formula is C14H28O2. The molecule has 1 rings (SSSR count). The maximum atomic E-state index is 8.36. The van der Waals surface area contributed by atoms with E-state index in [0.717, 1.165) is 0 Å². The van der Waals surface area contributed by atoms with Gasteiger partial charge in [0, 0.05) is 0 Å². The molecule has 2 nitrogen and oxygen atoms in total. The molecule has 0 spiro atoms. The van der Waals surface area contributed by atoms with E-state index in [1.54, 1.807) is 0 Å². The number of hydrogen-bond acceptors (Lipinski definition) is 1. The van der Waals surface area contributed by atoms with Crippen molar-refractivity contribution in [1.82, 2.24) is 0 Å². The van der Waals surface area contributed by atoms with Gasteiger partial charge in [-0.1, -0.05) is 53.4 Å². The zero-order chi connectivity index (χ0) is 12.7. The summed E-state index contributed by atoms with van der Waals surface area (Å²) in [6.45, 7) is 9.30. The molecule has 0 unspecified atom stereocenters. The van der Waals surface area contributed by atoms with Gasteiger partial charge in [0.15, 0.2) is 0 Å². The highest BCUT2D eigenvalue weighted by Crippen LogP contribution is 2.46. The molecule has 0 amide bonds. The first kappa shape index (κ1) is 15.5. The zero-order valence-electron chi connectivity index (χ0n) is 11.4. The Morgan fingerprint density at radius 3 is 1.94 bits per heavy atom. The van der Waals surface area contributed by atoms with Gasteiger partial charge in [0.1, 0.15) is 0 Å². The van der Waals surface area contributed by atoms with Crippen molar-refractivity contribution in [3.05, 3.63) is 0 Å². The first-order valence-electron chi connectivity index (χ1n) is 6.47. The van der Waals surface area contributed by atoms with Crippen LogP contribution in [0.1, 0.15) is 72.6 Å². The van der Waals surface area contributed by atoms with Crippen LogP contribution in [0.5, 0.6) is 0 Å². The standard InChI is InChI=1S/C13H26.CH2O2/c1-5-13(11-12(2,3)4)9-7-6-8-10-13;2-1-3/h5-11H2,1-4H3;1H,(H,2,3). The second kappa shape index (κ2) is 6.93. The highest BCUT2D eigenvalue weighted by atomic mass is 16.3. The summed E-state index contributed by atoms with van der Waals surface area (Å²) in [5, 5.41) is 6.89. The predicted octanol–water partition coefficient (Wildman–Crippen LogP) is 4.48. The molecule has 0 aromatic rings. The first-order chi connectivity index (χ1) is 7.39. The van der Waals surface area contributed by atoms with Crippen molar-refractivity contribution in [3.8, 4) is 0 Å². The van der Waals surface area contributed by atoms with Gasteiger partial charge in [-0.05, 0) is 30.1 Å². The minimum Gasteiger partial charge on any atom is -0.483 e. The molecule has 0 radical (unpaired) electrons. The molecule has 96 valence electrons. The summed E-state index contributed by atoms with van der Waals surface area (Å²) in [7, 11) is 0. The fourth-order valence-electron chi connectivity index (χ4n) is 3.08. The van der Waals surface area contributed by atoms with Crippen LogP contribution >= 0.6 is 0 Å². The SMILES string of the molecule is CCC1(CC(C)(C)C)CCCCC1.O=CO. The topological polar surface area (TPSA) is 37.3 Å². The van der Waals surface area contributed by atoms with Gasteiger partial charge in [0.05, 0.1) is 0 Å². The Bertz CT molecular complexity index is 185. The lowest BCUT2D eigenvalue weighted by Crippen LogP contribution is -2.28. The monoisotopic (exact) mass is 228 g/mol. The van der Waals surface area contributed by atoms with Crippen LogP contribution in [-0.2, 0) is 4.79 Å². The lowest BCUT2D eigenvalue weighted by atomic mass is 9.64. The van der Waals surface area contributed by atoms with Crippen molar-refractivity contribution >= 4 is 6.47 Å². The molecule has 0 aliphatic heterocycles. The van der Waals surface area contributed by atoms with Crippen LogP contribution in [0.2, 0.25) is 0 Å². The molecule has 0 heterocycles. The average Bonchev–Trinajstić information content (AvgIpc) is 2.18. The van der Waals surface area contributed by atoms with Crippen molar-refractivity contribution in [2.45, 2.75) is 72.6 Å². The largest absolute Gasteiger partial charge is 0.483 e. The van der Waals surface area contributed by atoms with E-state index in [-0.39, 0.29) is 6.47 Å². The summed E-state index contributed by atoms with van der Waals surface area (Å²) in [6, 6.07) is 0. The van der Waals surface area contributed by atoms with Gasteiger partial charge in [-0.2, -0.15) is 0 Å². The van der Waals surface area contributed by atoms with E-state index in [1.807, 2.05) is 0 Å². The van der Waals surface area contributed by atoms with Gasteiger partial charge < -0.3 is 5.11 Å². The van der Waals surface area contributed by atoms with Crippen LogP contribution < -0.4 is 0 Å². The molecule has 16 heavy (non-hydrogen) atoms. The molecule has 1 aliphatic rings. The molecule has 1 fully saturated rings. The van der Waals surface area contributed by atoms with Crippen LogP contribution in [-0.4, -0.2) is 11.6 Å². The Hall–Kier alpha value is -0.530. The van der Waals surface area contributed by atoms with E-state index in [0.29, 0.717) is 10.8 Å². The summed E-state index contributed by atoms with van der Waals surface area (Å²) < 4.78 is 0. The molecule has 0 atom stereocenters. The summed E-state index contributed by atoms with van der Waals surface area (Å²) >= 11 is 0. The van der Waals surface area contributed by atoms with E-state index in [4.69, 9.17) is 9.90 Å². The summed E-state index contributed by atoms with van der Waals surface area (Å²) in [5.74, 6) is 0. The molecular weight excluding hydrogens is 200 g/mol. The maximum Gasteiger partial charge on any atom is 0.290 e. The molecule has 1 saturated carbocycles. The second-order valence-electron chi connectivity index (χ2n) is 6.26. The number of rotatable bonds is 2. The van der Waals surface area contributed by atoms with Gasteiger partial charge in [-0.15, -0.1) is 0 Å². The zero-order valence-corrected chi connectivity index (χ0v) is 11.4. The molecule has 2 heteroatoms. The third-order valence-corrected chi connectivity index (χ3v) is 3.57. The Morgan fingerprint density at radius 1 is 1.19 bits per heavy atom. The van der Waals surface area contributed by atoms with E-state index in [9.17, 15) is 0 Å². The lowest BCUT2D eigenvalue weighted by Gasteiger charge is -2.41. The van der Waals surface area contributed by atoms with Crippen LogP contribution in [0.25, 0.3) is 0 Å². The summed E-state index contributed by atoms with van der Waals surface area (Å²) in [6.07, 6.45) is 10.2. The first-order valence-corrected chi connectivity index (χ1v) is 6.47. The van der Waals surface area contributed by atoms with Gasteiger partial charge in [-0.3, -0.25) is 4.79 Å². The van der Waals surface area contributed by atoms with Crippen molar-refractivity contribution in [3.63, 3.8) is 0 Å². The molecule has 0 bridgehead atoms. The van der Waals surface area contributed by atoms with Crippen LogP contribution in [0.3, 0.4) is 0 Å². The molecule has 0 saturated heterocycles. The third-order valence-electron chi connectivity index (χ3n) is 3.57. The predicted molar refractivity (Wildman–Crippen MR) is 68.6 cm³/mol. The van der Waals surface area contributed by atoms with Crippen molar-refractivity contribution in [1.29, 1.82) is 0 Å². The average molecular weight is 228 g/mol. The van der Waals surface area contributed by atoms with Crippen molar-refractivity contribution in [2.24, 2.45) is 10.8 Å². The van der Waals surface area contributed by atoms with E-state index >= 15 is 0 Å². The third kappa shape index (κ3) is 6.14. The number of hydrogen-bond donors (Lipinski definition) is 1. The van der Waals surface area contributed by atoms with Crippen molar-refractivity contribution in [2.75, 3.05) is 0 Å². The molecule has 0 aromatic carbocycles. The summed E-state index contributed by atoms with van der Waals surface area (Å²) in [5.41, 5.74) is 1.23. The molecule has 1 N–H and O–H groups in total. The fourth-order valence-corrected chi connectivity index (χ4v) is 3.08. The van der Waals surface area contributed by atoms with Crippen molar-refractivity contribution < 1.29 is 9.90 Å². The Morgan fingerprint density at radius 2 is 1.62 bits per heavy atom. The lowest BCUT2D eigenvalue weighted by molar-refractivity contribution is -0.122. The smallest absolute Gasteiger partial charge is 0.290 e. The molecule has 0 aromatic heterocycles. The van der Waals surface area contributed by atoms with Crippen LogP contribution in [0.15, 0.2) is 0 Å². The van der Waals surface area contributed by atoms with Crippen LogP contribution in [0.4, 0.5) is 0 Å². The Kier molecular flexibility index (Phi) is 6.70. The van der Waals surface area contributed by atoms with E-state index in [2.05, 4.69) is 27.7 Å². The van der Waals surface area contributed by atoms with Gasteiger partial charge in [0.25, 0.3) is 6.47 Å². The number of carboxylic acid groups (broad SMARTS) is 1. The molecule has 1 aliphatic carbocycles. The second-order valence-corrected chi connectivity index (χ2v) is 6.26. The quantitative estimate of drug-likeness (QED) is 0.707. The van der Waals surface area contributed by atoms with E-state index < -0.39 is 0 Å². The fraction of sp³-hybridized carbons (Fsp3) is 0.929. The maximum absolute atomic E-state index is 8.36. The Labute approximate surface area is 100 Å². The van der Waals surface area contributed by atoms with Crippen LogP contribution in [0, 0.1) is 10.8 Å². The highest BCUT2D eigenvalue weighted by molar-refractivity contribution is 5.32. The minimum absolute atomic E-state index is 0.250. The Balaban J connectivity index is 0.000000673. The summed E-state index contributed by atoms with van der Waals surface area (Å²) in [4.78, 5) is 8.36. The minimum atomic E-state index is -0.250. The van der Waals surface area contributed by atoms with Gasteiger partial charge in [0.2, 0.25) is 0 Å². The van der Waals surface area contributed by atoms with E-state index in [1.165, 1.54) is 44.9 Å².